The highest BCUT2D eigenvalue weighted by Gasteiger charge is 2.34. The van der Waals surface area contributed by atoms with Gasteiger partial charge in [-0.15, -0.1) is 0 Å². The number of likely N-dealkylation sites (N-methyl/N-ethyl adjacent to an activating group) is 1. The summed E-state index contributed by atoms with van der Waals surface area (Å²) in [7, 11) is 2.91. The topological polar surface area (TPSA) is 81.5 Å². The van der Waals surface area contributed by atoms with E-state index in [2.05, 4.69) is 5.10 Å². The number of benzene rings is 1. The minimum Gasteiger partial charge on any atom is -0.448 e. The average Bonchev–Trinajstić information content (AvgIpc) is 2.60. The first-order valence-corrected chi connectivity index (χ1v) is 8.13. The Bertz CT molecular complexity index is 967. The van der Waals surface area contributed by atoms with Crippen LogP contribution in [0.4, 0.5) is 13.2 Å². The molecular weight excluding hydrogens is 379 g/mol. The van der Waals surface area contributed by atoms with E-state index in [9.17, 15) is 27.6 Å². The highest BCUT2D eigenvalue weighted by molar-refractivity contribution is 5.90. The normalized spacial score (nSPS) is 12.4. The molecule has 0 unspecified atom stereocenters. The number of nitrogens with zero attached hydrogens (tertiary/aromatic N) is 3. The number of alkyl halides is 3. The Balaban J connectivity index is 2.51. The van der Waals surface area contributed by atoms with E-state index in [4.69, 9.17) is 4.74 Å². The molecule has 1 amide bonds. The van der Waals surface area contributed by atoms with E-state index in [0.717, 1.165) is 16.8 Å². The molecule has 0 N–H and O–H groups in total. The molecule has 0 fully saturated rings. The van der Waals surface area contributed by atoms with Crippen LogP contribution in [0.2, 0.25) is 0 Å². The van der Waals surface area contributed by atoms with Crippen LogP contribution in [0.25, 0.3) is 5.69 Å². The van der Waals surface area contributed by atoms with Gasteiger partial charge >= 0.3 is 12.1 Å². The first-order chi connectivity index (χ1) is 12.9. The maximum Gasteiger partial charge on any atom is 0.418 e. The lowest BCUT2D eigenvalue weighted by atomic mass is 10.1. The minimum atomic E-state index is -4.67. The van der Waals surface area contributed by atoms with Crippen LogP contribution < -0.4 is 5.43 Å². The van der Waals surface area contributed by atoms with Crippen molar-refractivity contribution in [2.75, 3.05) is 14.1 Å². The summed E-state index contributed by atoms with van der Waals surface area (Å²) in [6.07, 6.45) is -5.86. The fraction of sp³-hybridized carbons (Fsp3) is 0.333. The van der Waals surface area contributed by atoms with Crippen LogP contribution in [0.1, 0.15) is 28.7 Å². The second-order valence-corrected chi connectivity index (χ2v) is 6.21. The Kier molecular flexibility index (Phi) is 5.91. The third kappa shape index (κ3) is 4.38. The number of aromatic nitrogens is 2. The van der Waals surface area contributed by atoms with Gasteiger partial charge in [-0.2, -0.15) is 18.3 Å². The number of rotatable bonds is 4. The van der Waals surface area contributed by atoms with Gasteiger partial charge in [0, 0.05) is 25.9 Å². The number of esters is 1. The van der Waals surface area contributed by atoms with Crippen molar-refractivity contribution in [1.29, 1.82) is 0 Å². The molecule has 0 aliphatic rings. The predicted molar refractivity (Wildman–Crippen MR) is 93.1 cm³/mol. The highest BCUT2D eigenvalue weighted by atomic mass is 19.4. The summed E-state index contributed by atoms with van der Waals surface area (Å²) in [6, 6.07) is 5.60. The van der Waals surface area contributed by atoms with Gasteiger partial charge in [0.15, 0.2) is 6.10 Å². The van der Waals surface area contributed by atoms with Gasteiger partial charge in [-0.1, -0.05) is 12.1 Å². The standard InChI is InChI=1S/C18H18F3N3O4/c1-10-9-14(25)15(17(27)28-11(2)16(26)23(3)4)22-24(10)13-8-6-5-7-12(13)18(19,20)21/h5-9,11H,1-4H3/t11-/m1/s1. The number of aryl methyl sites for hydroxylation is 1. The Labute approximate surface area is 158 Å². The monoisotopic (exact) mass is 397 g/mol. The van der Waals surface area contributed by atoms with Gasteiger partial charge in [0.2, 0.25) is 11.1 Å². The molecule has 1 heterocycles. The molecule has 10 heteroatoms. The Morgan fingerprint density at radius 1 is 1.21 bits per heavy atom. The molecule has 0 aliphatic heterocycles. The van der Waals surface area contributed by atoms with E-state index in [-0.39, 0.29) is 11.4 Å². The summed E-state index contributed by atoms with van der Waals surface area (Å²) in [5, 5.41) is 3.78. The fourth-order valence-corrected chi connectivity index (χ4v) is 2.46. The van der Waals surface area contributed by atoms with Crippen LogP contribution in [0.3, 0.4) is 0 Å². The van der Waals surface area contributed by atoms with Crippen molar-refractivity contribution in [3.63, 3.8) is 0 Å². The third-order valence-electron chi connectivity index (χ3n) is 3.81. The number of carbonyl (C=O) groups is 2. The van der Waals surface area contributed by atoms with Crippen molar-refractivity contribution in [3.8, 4) is 5.69 Å². The summed E-state index contributed by atoms with van der Waals surface area (Å²) >= 11 is 0. The van der Waals surface area contributed by atoms with Crippen LogP contribution in [0.5, 0.6) is 0 Å². The van der Waals surface area contributed by atoms with E-state index >= 15 is 0 Å². The van der Waals surface area contributed by atoms with Crippen molar-refractivity contribution in [1.82, 2.24) is 14.7 Å². The molecule has 0 radical (unpaired) electrons. The lowest BCUT2D eigenvalue weighted by Gasteiger charge is -2.18. The van der Waals surface area contributed by atoms with Crippen LogP contribution in [-0.2, 0) is 15.7 Å². The van der Waals surface area contributed by atoms with Crippen molar-refractivity contribution in [2.24, 2.45) is 0 Å². The van der Waals surface area contributed by atoms with Gasteiger partial charge in [-0.25, -0.2) is 9.48 Å². The van der Waals surface area contributed by atoms with Crippen LogP contribution in [-0.4, -0.2) is 46.8 Å². The second kappa shape index (κ2) is 7.83. The maximum absolute atomic E-state index is 13.3. The molecule has 0 bridgehead atoms. The van der Waals surface area contributed by atoms with E-state index in [1.807, 2.05) is 0 Å². The molecule has 0 saturated carbocycles. The SMILES string of the molecule is Cc1cc(=O)c(C(=O)O[C@H](C)C(=O)N(C)C)nn1-c1ccccc1C(F)(F)F. The molecule has 1 atom stereocenters. The number of hydrogen-bond donors (Lipinski definition) is 0. The number of para-hydroxylation sites is 1. The van der Waals surface area contributed by atoms with Gasteiger partial charge in [0.1, 0.15) is 0 Å². The summed E-state index contributed by atoms with van der Waals surface area (Å²) < 4.78 is 45.7. The lowest BCUT2D eigenvalue weighted by Crippen LogP contribution is -2.36. The molecule has 0 saturated heterocycles. The molecule has 150 valence electrons. The molecule has 0 spiro atoms. The average molecular weight is 397 g/mol. The third-order valence-corrected chi connectivity index (χ3v) is 3.81. The Morgan fingerprint density at radius 2 is 1.82 bits per heavy atom. The van der Waals surface area contributed by atoms with Gasteiger partial charge < -0.3 is 9.64 Å². The van der Waals surface area contributed by atoms with Crippen molar-refractivity contribution in [2.45, 2.75) is 26.1 Å². The molecule has 2 rings (SSSR count). The highest BCUT2D eigenvalue weighted by Crippen LogP contribution is 2.33. The van der Waals surface area contributed by atoms with Crippen LogP contribution in [0, 0.1) is 6.92 Å². The predicted octanol–water partition coefficient (Wildman–Crippen LogP) is 2.19. The first-order valence-electron chi connectivity index (χ1n) is 8.13. The minimum absolute atomic E-state index is 0.0932. The van der Waals surface area contributed by atoms with Crippen molar-refractivity contribution >= 4 is 11.9 Å². The molecule has 28 heavy (non-hydrogen) atoms. The van der Waals surface area contributed by atoms with E-state index in [1.165, 1.54) is 51.0 Å². The van der Waals surface area contributed by atoms with E-state index < -0.39 is 40.8 Å². The summed E-state index contributed by atoms with van der Waals surface area (Å²) in [5.41, 5.74) is -2.78. The van der Waals surface area contributed by atoms with E-state index in [1.54, 1.807) is 0 Å². The quantitative estimate of drug-likeness (QED) is 0.739. The number of halogens is 3. The van der Waals surface area contributed by atoms with Crippen molar-refractivity contribution < 1.29 is 27.5 Å². The van der Waals surface area contributed by atoms with Gasteiger partial charge in [0.05, 0.1) is 11.3 Å². The summed E-state index contributed by atoms with van der Waals surface area (Å²) in [6.45, 7) is 2.70. The van der Waals surface area contributed by atoms with E-state index in [0.29, 0.717) is 0 Å². The van der Waals surface area contributed by atoms with Gasteiger partial charge in [-0.05, 0) is 26.0 Å². The summed E-state index contributed by atoms with van der Waals surface area (Å²) in [4.78, 5) is 37.4. The molecule has 7 nitrogen and oxygen atoms in total. The molecule has 0 aliphatic carbocycles. The number of ether oxygens (including phenoxy) is 1. The molecule has 1 aromatic heterocycles. The smallest absolute Gasteiger partial charge is 0.418 e. The van der Waals surface area contributed by atoms with Crippen molar-refractivity contribution in [3.05, 3.63) is 57.5 Å². The fourth-order valence-electron chi connectivity index (χ4n) is 2.46. The summed E-state index contributed by atoms with van der Waals surface area (Å²) in [5.74, 6) is -1.73. The maximum atomic E-state index is 13.3. The van der Waals surface area contributed by atoms with Crippen LogP contribution in [0.15, 0.2) is 35.1 Å². The number of hydrogen-bond acceptors (Lipinski definition) is 5. The second-order valence-electron chi connectivity index (χ2n) is 6.21. The molecule has 2 aromatic rings. The zero-order valence-corrected chi connectivity index (χ0v) is 15.6. The molecular formula is C18H18F3N3O4. The molecule has 1 aromatic carbocycles. The zero-order chi connectivity index (χ0) is 21.2. The largest absolute Gasteiger partial charge is 0.448 e. The van der Waals surface area contributed by atoms with Gasteiger partial charge in [0.25, 0.3) is 5.91 Å². The first kappa shape index (κ1) is 21.1. The number of carbonyl (C=O) groups excluding carboxylic acids is 2. The van der Waals surface area contributed by atoms with Crippen LogP contribution >= 0.6 is 0 Å². The Morgan fingerprint density at radius 3 is 2.39 bits per heavy atom. The van der Waals surface area contributed by atoms with Gasteiger partial charge in [-0.3, -0.25) is 9.59 Å². The zero-order valence-electron chi connectivity index (χ0n) is 15.6. The Hall–Kier alpha value is -3.17. The number of amides is 1. The lowest BCUT2D eigenvalue weighted by molar-refractivity contribution is -0.138.